The minimum Gasteiger partial charge on any atom is -0.316 e. The average molecular weight is 435 g/mol. The predicted molar refractivity (Wildman–Crippen MR) is 118 cm³/mol. The van der Waals surface area contributed by atoms with Crippen LogP contribution in [0.5, 0.6) is 0 Å². The van der Waals surface area contributed by atoms with Gasteiger partial charge in [0.2, 0.25) is 0 Å². The molecule has 0 unspecified atom stereocenters. The fourth-order valence-electron chi connectivity index (χ4n) is 3.69. The van der Waals surface area contributed by atoms with Crippen LogP contribution in [-0.2, 0) is 9.59 Å². The maximum absolute atomic E-state index is 13.2. The van der Waals surface area contributed by atoms with Crippen molar-refractivity contribution >= 4 is 41.2 Å². The molecule has 1 fully saturated rings. The lowest BCUT2D eigenvalue weighted by atomic mass is 10.1. The van der Waals surface area contributed by atoms with Gasteiger partial charge in [-0.05, 0) is 68.3 Å². The van der Waals surface area contributed by atoms with Crippen molar-refractivity contribution in [2.75, 3.05) is 4.90 Å². The first-order valence-electron chi connectivity index (χ1n) is 9.55. The van der Waals surface area contributed by atoms with Crippen LogP contribution >= 0.6 is 11.6 Å². The van der Waals surface area contributed by atoms with Crippen molar-refractivity contribution in [3.05, 3.63) is 81.9 Å². The number of benzene rings is 1. The van der Waals surface area contributed by atoms with E-state index in [4.69, 9.17) is 11.6 Å². The van der Waals surface area contributed by atoms with E-state index < -0.39 is 17.8 Å². The summed E-state index contributed by atoms with van der Waals surface area (Å²) in [6.45, 7) is 5.52. The molecule has 1 aliphatic rings. The highest BCUT2D eigenvalue weighted by Crippen LogP contribution is 2.30. The Morgan fingerprint density at radius 2 is 1.84 bits per heavy atom. The molecule has 8 heteroatoms. The van der Waals surface area contributed by atoms with Gasteiger partial charge >= 0.3 is 6.03 Å². The van der Waals surface area contributed by atoms with Crippen molar-refractivity contribution in [1.29, 1.82) is 0 Å². The molecular formula is C23H19ClN4O3. The first-order valence-corrected chi connectivity index (χ1v) is 9.93. The molecule has 3 aromatic rings. The van der Waals surface area contributed by atoms with Gasteiger partial charge in [0.05, 0.1) is 17.6 Å². The van der Waals surface area contributed by atoms with E-state index in [1.165, 1.54) is 6.08 Å². The van der Waals surface area contributed by atoms with Crippen LogP contribution in [0.4, 0.5) is 10.5 Å². The van der Waals surface area contributed by atoms with E-state index in [2.05, 4.69) is 10.3 Å². The largest absolute Gasteiger partial charge is 0.335 e. The quantitative estimate of drug-likeness (QED) is 0.496. The van der Waals surface area contributed by atoms with Gasteiger partial charge in [-0.2, -0.15) is 0 Å². The molecule has 0 saturated carbocycles. The number of amides is 4. The molecule has 4 rings (SSSR count). The van der Waals surface area contributed by atoms with Crippen LogP contribution in [-0.4, -0.2) is 27.4 Å². The van der Waals surface area contributed by atoms with Gasteiger partial charge in [-0.1, -0.05) is 17.7 Å². The summed E-state index contributed by atoms with van der Waals surface area (Å²) in [7, 11) is 0. The highest BCUT2D eigenvalue weighted by molar-refractivity contribution is 6.40. The zero-order valence-electron chi connectivity index (χ0n) is 17.1. The van der Waals surface area contributed by atoms with Crippen molar-refractivity contribution in [1.82, 2.24) is 14.9 Å². The van der Waals surface area contributed by atoms with Crippen molar-refractivity contribution in [2.45, 2.75) is 20.8 Å². The topological polar surface area (TPSA) is 84.3 Å². The third kappa shape index (κ3) is 3.53. The number of anilines is 1. The van der Waals surface area contributed by atoms with Crippen LogP contribution in [0.1, 0.15) is 22.5 Å². The molecule has 1 aromatic carbocycles. The SMILES string of the molecule is Cc1c(Cl)cccc1N1C(=O)NC(=O)/C(=C\c2cc(C)n(-c3cccnc3)c2C)C1=O. The number of rotatable bonds is 3. The molecule has 1 aliphatic heterocycles. The zero-order chi connectivity index (χ0) is 22.3. The predicted octanol–water partition coefficient (Wildman–Crippen LogP) is 4.12. The number of pyridine rings is 1. The molecule has 0 aliphatic carbocycles. The molecule has 3 heterocycles. The molecule has 0 bridgehead atoms. The number of halogens is 1. The second kappa shape index (κ2) is 7.85. The lowest BCUT2D eigenvalue weighted by Crippen LogP contribution is -2.54. The number of carbonyl (C=O) groups excluding carboxylic acids is 3. The summed E-state index contributed by atoms with van der Waals surface area (Å²) >= 11 is 6.16. The Balaban J connectivity index is 1.79. The minimum atomic E-state index is -0.807. The van der Waals surface area contributed by atoms with Gasteiger partial charge < -0.3 is 4.57 Å². The monoisotopic (exact) mass is 434 g/mol. The molecule has 1 N–H and O–H groups in total. The van der Waals surface area contributed by atoms with E-state index in [-0.39, 0.29) is 5.57 Å². The first-order chi connectivity index (χ1) is 14.8. The van der Waals surface area contributed by atoms with Gasteiger partial charge in [-0.15, -0.1) is 0 Å². The highest BCUT2D eigenvalue weighted by Gasteiger charge is 2.37. The van der Waals surface area contributed by atoms with Crippen molar-refractivity contribution in [2.24, 2.45) is 0 Å². The number of urea groups is 1. The van der Waals surface area contributed by atoms with Gasteiger partial charge in [-0.3, -0.25) is 19.9 Å². The van der Waals surface area contributed by atoms with E-state index in [1.54, 1.807) is 37.5 Å². The van der Waals surface area contributed by atoms with Crippen molar-refractivity contribution in [3.8, 4) is 5.69 Å². The second-order valence-electron chi connectivity index (χ2n) is 7.21. The molecule has 2 aromatic heterocycles. The fraction of sp³-hybridized carbons (Fsp3) is 0.130. The summed E-state index contributed by atoms with van der Waals surface area (Å²) in [4.78, 5) is 43.3. The van der Waals surface area contributed by atoms with Crippen LogP contribution < -0.4 is 10.2 Å². The molecule has 0 spiro atoms. The van der Waals surface area contributed by atoms with Gasteiger partial charge in [0.25, 0.3) is 11.8 Å². The summed E-state index contributed by atoms with van der Waals surface area (Å²) in [5.74, 6) is -1.44. The number of nitrogens with one attached hydrogen (secondary N) is 1. The minimum absolute atomic E-state index is 0.134. The lowest BCUT2D eigenvalue weighted by Gasteiger charge is -2.27. The summed E-state index contributed by atoms with van der Waals surface area (Å²) < 4.78 is 1.98. The summed E-state index contributed by atoms with van der Waals surface area (Å²) in [6.07, 6.45) is 4.93. The smallest absolute Gasteiger partial charge is 0.316 e. The number of carbonyl (C=O) groups is 3. The Labute approximate surface area is 184 Å². The third-order valence-electron chi connectivity index (χ3n) is 5.26. The third-order valence-corrected chi connectivity index (χ3v) is 5.67. The van der Waals surface area contributed by atoms with Crippen LogP contribution in [0.3, 0.4) is 0 Å². The van der Waals surface area contributed by atoms with E-state index in [1.807, 2.05) is 36.6 Å². The van der Waals surface area contributed by atoms with E-state index in [0.717, 1.165) is 22.0 Å². The number of hydrogen-bond acceptors (Lipinski definition) is 4. The molecule has 31 heavy (non-hydrogen) atoms. The molecule has 0 atom stereocenters. The van der Waals surface area contributed by atoms with Gasteiger partial charge in [0, 0.05) is 22.6 Å². The number of nitrogens with zero attached hydrogens (tertiary/aromatic N) is 3. The number of aryl methyl sites for hydroxylation is 1. The van der Waals surface area contributed by atoms with Gasteiger partial charge in [-0.25, -0.2) is 9.69 Å². The Hall–Kier alpha value is -3.71. The molecule has 4 amide bonds. The highest BCUT2D eigenvalue weighted by atomic mass is 35.5. The molecular weight excluding hydrogens is 416 g/mol. The molecule has 156 valence electrons. The van der Waals surface area contributed by atoms with Gasteiger partial charge in [0.1, 0.15) is 5.57 Å². The van der Waals surface area contributed by atoms with Gasteiger partial charge in [0.15, 0.2) is 0 Å². The number of imide groups is 2. The van der Waals surface area contributed by atoms with E-state index in [0.29, 0.717) is 21.8 Å². The first kappa shape index (κ1) is 20.6. The summed E-state index contributed by atoms with van der Waals surface area (Å²) in [6, 6.07) is 9.75. The summed E-state index contributed by atoms with van der Waals surface area (Å²) in [5.41, 5.74) is 4.07. The van der Waals surface area contributed by atoms with Crippen LogP contribution in [0.15, 0.2) is 54.4 Å². The number of aromatic nitrogens is 2. The average Bonchev–Trinajstić information content (AvgIpc) is 3.02. The van der Waals surface area contributed by atoms with Crippen molar-refractivity contribution < 1.29 is 14.4 Å². The Morgan fingerprint density at radius 3 is 2.55 bits per heavy atom. The maximum Gasteiger partial charge on any atom is 0.335 e. The van der Waals surface area contributed by atoms with E-state index >= 15 is 0 Å². The van der Waals surface area contributed by atoms with Crippen LogP contribution in [0, 0.1) is 20.8 Å². The van der Waals surface area contributed by atoms with Crippen LogP contribution in [0.2, 0.25) is 5.02 Å². The molecule has 0 radical (unpaired) electrons. The Kier molecular flexibility index (Phi) is 5.20. The second-order valence-corrected chi connectivity index (χ2v) is 7.62. The van der Waals surface area contributed by atoms with Crippen molar-refractivity contribution in [3.63, 3.8) is 0 Å². The number of hydrogen-bond donors (Lipinski definition) is 1. The maximum atomic E-state index is 13.2. The van der Waals surface area contributed by atoms with E-state index in [9.17, 15) is 14.4 Å². The Bertz CT molecular complexity index is 1260. The Morgan fingerprint density at radius 1 is 1.06 bits per heavy atom. The zero-order valence-corrected chi connectivity index (χ0v) is 17.9. The standard InChI is InChI=1S/C23H19ClN4O3/c1-13-10-16(15(3)27(13)17-6-5-9-25-12-17)11-18-21(29)26-23(31)28(22(18)30)20-8-4-7-19(24)14(20)2/h4-12H,1-3H3,(H,26,29,31)/b18-11+. The number of barbiturate groups is 1. The lowest BCUT2D eigenvalue weighted by molar-refractivity contribution is -0.122. The van der Waals surface area contributed by atoms with Crippen LogP contribution in [0.25, 0.3) is 11.8 Å². The molecule has 1 saturated heterocycles. The summed E-state index contributed by atoms with van der Waals surface area (Å²) in [5, 5.41) is 2.66. The fourth-order valence-corrected chi connectivity index (χ4v) is 3.86. The molecule has 7 nitrogen and oxygen atoms in total. The normalized spacial score (nSPS) is 15.5.